The third-order valence-electron chi connectivity index (χ3n) is 3.57. The summed E-state index contributed by atoms with van der Waals surface area (Å²) in [5.74, 6) is 0.125. The van der Waals surface area contributed by atoms with E-state index in [2.05, 4.69) is 10.4 Å². The van der Waals surface area contributed by atoms with Crippen molar-refractivity contribution in [1.29, 1.82) is 0 Å². The number of carbonyl (C=O) groups is 1. The molecule has 0 spiro atoms. The minimum absolute atomic E-state index is 0.0140. The zero-order chi connectivity index (χ0) is 16.9. The standard InChI is InChI=1S/C17H17N3O4/c1-23-12-4-5-13-14(21)11-16(24-15(13)10-12)17(22)18-6-2-8-20-9-3-7-19-20/h3-5,7,9-11H,2,6,8H2,1H3,(H,18,22). The number of nitrogens with zero attached hydrogens (tertiary/aromatic N) is 2. The van der Waals surface area contributed by atoms with E-state index in [4.69, 9.17) is 9.15 Å². The fourth-order valence-corrected chi connectivity index (χ4v) is 2.34. The minimum Gasteiger partial charge on any atom is -0.497 e. The maximum absolute atomic E-state index is 12.2. The van der Waals surface area contributed by atoms with Gasteiger partial charge in [-0.1, -0.05) is 0 Å². The molecule has 0 aliphatic heterocycles. The fraction of sp³-hybridized carbons (Fsp3) is 0.235. The van der Waals surface area contributed by atoms with Crippen LogP contribution in [0.1, 0.15) is 17.0 Å². The van der Waals surface area contributed by atoms with Crippen LogP contribution in [0.4, 0.5) is 0 Å². The number of carbonyl (C=O) groups excluding carboxylic acids is 1. The van der Waals surface area contributed by atoms with Crippen molar-refractivity contribution in [2.24, 2.45) is 0 Å². The highest BCUT2D eigenvalue weighted by atomic mass is 16.5. The summed E-state index contributed by atoms with van der Waals surface area (Å²) in [5, 5.41) is 7.23. The molecule has 3 rings (SSSR count). The fourth-order valence-electron chi connectivity index (χ4n) is 2.34. The molecular formula is C17H17N3O4. The Hall–Kier alpha value is -3.09. The zero-order valence-corrected chi connectivity index (χ0v) is 13.2. The highest BCUT2D eigenvalue weighted by Crippen LogP contribution is 2.19. The van der Waals surface area contributed by atoms with Gasteiger partial charge in [0.15, 0.2) is 11.2 Å². The Morgan fingerprint density at radius 1 is 1.38 bits per heavy atom. The van der Waals surface area contributed by atoms with Crippen molar-refractivity contribution in [1.82, 2.24) is 15.1 Å². The number of benzene rings is 1. The van der Waals surface area contributed by atoms with Crippen LogP contribution >= 0.6 is 0 Å². The van der Waals surface area contributed by atoms with Crippen LogP contribution in [-0.4, -0.2) is 29.3 Å². The molecule has 1 N–H and O–H groups in total. The van der Waals surface area contributed by atoms with E-state index in [9.17, 15) is 9.59 Å². The molecule has 0 aliphatic carbocycles. The lowest BCUT2D eigenvalue weighted by molar-refractivity contribution is 0.0925. The minimum atomic E-state index is -0.419. The van der Waals surface area contributed by atoms with E-state index in [1.165, 1.54) is 13.2 Å². The van der Waals surface area contributed by atoms with Gasteiger partial charge < -0.3 is 14.5 Å². The van der Waals surface area contributed by atoms with Gasteiger partial charge in [-0.3, -0.25) is 14.3 Å². The molecule has 0 saturated heterocycles. The number of ether oxygens (including phenoxy) is 1. The number of aromatic nitrogens is 2. The van der Waals surface area contributed by atoms with Crippen molar-refractivity contribution in [2.75, 3.05) is 13.7 Å². The van der Waals surface area contributed by atoms with Gasteiger partial charge in [-0.2, -0.15) is 5.10 Å². The van der Waals surface area contributed by atoms with E-state index >= 15 is 0 Å². The van der Waals surface area contributed by atoms with Crippen molar-refractivity contribution >= 4 is 16.9 Å². The molecule has 3 aromatic rings. The van der Waals surface area contributed by atoms with Crippen LogP contribution in [0, 0.1) is 0 Å². The molecule has 1 amide bonds. The summed E-state index contributed by atoms with van der Waals surface area (Å²) < 4.78 is 12.4. The van der Waals surface area contributed by atoms with Crippen molar-refractivity contribution < 1.29 is 13.9 Å². The van der Waals surface area contributed by atoms with E-state index < -0.39 is 5.91 Å². The van der Waals surface area contributed by atoms with Crippen LogP contribution in [0.15, 0.2) is 51.9 Å². The van der Waals surface area contributed by atoms with Gasteiger partial charge in [0.05, 0.1) is 12.5 Å². The summed E-state index contributed by atoms with van der Waals surface area (Å²) >= 11 is 0. The lowest BCUT2D eigenvalue weighted by Crippen LogP contribution is -2.26. The summed E-state index contributed by atoms with van der Waals surface area (Å²) in [6.45, 7) is 1.16. The van der Waals surface area contributed by atoms with Crippen molar-refractivity contribution in [3.63, 3.8) is 0 Å². The molecule has 124 valence electrons. The Morgan fingerprint density at radius 2 is 2.25 bits per heavy atom. The summed E-state index contributed by atoms with van der Waals surface area (Å²) in [6.07, 6.45) is 4.28. The van der Waals surface area contributed by atoms with Crippen LogP contribution in [0.2, 0.25) is 0 Å². The molecule has 1 aromatic carbocycles. The van der Waals surface area contributed by atoms with Crippen LogP contribution in [0.3, 0.4) is 0 Å². The Kier molecular flexibility index (Phi) is 4.60. The first-order valence-corrected chi connectivity index (χ1v) is 7.55. The van der Waals surface area contributed by atoms with Gasteiger partial charge in [-0.15, -0.1) is 0 Å². The van der Waals surface area contributed by atoms with E-state index in [1.54, 1.807) is 29.1 Å². The molecule has 2 aromatic heterocycles. The summed E-state index contributed by atoms with van der Waals surface area (Å²) in [5.41, 5.74) is 0.0594. The molecule has 0 unspecified atom stereocenters. The van der Waals surface area contributed by atoms with Crippen LogP contribution in [0.25, 0.3) is 11.0 Å². The number of fused-ring (bicyclic) bond motifs is 1. The SMILES string of the molecule is COc1ccc2c(=O)cc(C(=O)NCCCn3cccn3)oc2c1. The van der Waals surface area contributed by atoms with E-state index in [1.807, 2.05) is 12.3 Å². The quantitative estimate of drug-likeness (QED) is 0.698. The van der Waals surface area contributed by atoms with Crippen molar-refractivity contribution in [2.45, 2.75) is 13.0 Å². The molecule has 24 heavy (non-hydrogen) atoms. The Labute approximate surface area is 137 Å². The first kappa shape index (κ1) is 15.8. The first-order valence-electron chi connectivity index (χ1n) is 7.55. The molecule has 0 aliphatic rings. The normalized spacial score (nSPS) is 10.7. The van der Waals surface area contributed by atoms with Gasteiger partial charge in [-0.05, 0) is 24.6 Å². The second-order valence-corrected chi connectivity index (χ2v) is 5.22. The zero-order valence-electron chi connectivity index (χ0n) is 13.2. The monoisotopic (exact) mass is 327 g/mol. The molecule has 7 heteroatoms. The lowest BCUT2D eigenvalue weighted by Gasteiger charge is -2.06. The van der Waals surface area contributed by atoms with Gasteiger partial charge in [0, 0.05) is 37.6 Å². The van der Waals surface area contributed by atoms with Gasteiger partial charge in [0.2, 0.25) is 0 Å². The largest absolute Gasteiger partial charge is 0.497 e. The number of hydrogen-bond acceptors (Lipinski definition) is 5. The average Bonchev–Trinajstić information content (AvgIpc) is 3.11. The number of nitrogens with one attached hydrogen (secondary N) is 1. The maximum atomic E-state index is 12.2. The lowest BCUT2D eigenvalue weighted by atomic mass is 10.2. The number of hydrogen-bond donors (Lipinski definition) is 1. The van der Waals surface area contributed by atoms with E-state index in [0.29, 0.717) is 29.8 Å². The Morgan fingerprint density at radius 3 is 3.00 bits per heavy atom. The third kappa shape index (κ3) is 3.45. The topological polar surface area (TPSA) is 86.4 Å². The number of rotatable bonds is 6. The predicted molar refractivity (Wildman–Crippen MR) is 88.2 cm³/mol. The van der Waals surface area contributed by atoms with Gasteiger partial charge in [0.25, 0.3) is 5.91 Å². The molecule has 0 fully saturated rings. The number of methoxy groups -OCH3 is 1. The number of aryl methyl sites for hydroxylation is 1. The predicted octanol–water partition coefficient (Wildman–Crippen LogP) is 1.82. The van der Waals surface area contributed by atoms with E-state index in [0.717, 1.165) is 6.42 Å². The highest BCUT2D eigenvalue weighted by molar-refractivity contribution is 5.93. The van der Waals surface area contributed by atoms with Crippen LogP contribution < -0.4 is 15.5 Å². The molecule has 0 radical (unpaired) electrons. The second kappa shape index (κ2) is 6.99. The number of amides is 1. The molecule has 2 heterocycles. The second-order valence-electron chi connectivity index (χ2n) is 5.22. The maximum Gasteiger partial charge on any atom is 0.287 e. The molecule has 7 nitrogen and oxygen atoms in total. The van der Waals surface area contributed by atoms with Gasteiger partial charge in [0.1, 0.15) is 11.3 Å². The summed E-state index contributed by atoms with van der Waals surface area (Å²) in [4.78, 5) is 24.3. The highest BCUT2D eigenvalue weighted by Gasteiger charge is 2.12. The van der Waals surface area contributed by atoms with Crippen molar-refractivity contribution in [3.8, 4) is 5.75 Å². The van der Waals surface area contributed by atoms with Crippen molar-refractivity contribution in [3.05, 3.63) is 58.7 Å². The van der Waals surface area contributed by atoms with Crippen LogP contribution in [0.5, 0.6) is 5.75 Å². The molecular weight excluding hydrogens is 310 g/mol. The molecule has 0 saturated carbocycles. The summed E-state index contributed by atoms with van der Waals surface area (Å²) in [7, 11) is 1.52. The Bertz CT molecular complexity index is 900. The van der Waals surface area contributed by atoms with Crippen LogP contribution in [-0.2, 0) is 6.54 Å². The average molecular weight is 327 g/mol. The third-order valence-corrected chi connectivity index (χ3v) is 3.57. The molecule has 0 bridgehead atoms. The first-order chi connectivity index (χ1) is 11.7. The van der Waals surface area contributed by atoms with Gasteiger partial charge >= 0.3 is 0 Å². The van der Waals surface area contributed by atoms with E-state index in [-0.39, 0.29) is 11.2 Å². The van der Waals surface area contributed by atoms with Gasteiger partial charge in [-0.25, -0.2) is 0 Å². The smallest absolute Gasteiger partial charge is 0.287 e. The summed E-state index contributed by atoms with van der Waals surface area (Å²) in [6, 6.07) is 7.93. The molecule has 0 atom stereocenters. The Balaban J connectivity index is 1.68.